The summed E-state index contributed by atoms with van der Waals surface area (Å²) in [5.74, 6) is 7.26. The molecule has 0 saturated heterocycles. The molecular weight excluding hydrogens is 304 g/mol. The van der Waals surface area contributed by atoms with Gasteiger partial charge in [0.25, 0.3) is 0 Å². The molecule has 0 atom stereocenters. The van der Waals surface area contributed by atoms with Crippen LogP contribution in [0.4, 0.5) is 0 Å². The fourth-order valence-corrected chi connectivity index (χ4v) is 2.43. The Morgan fingerprint density at radius 3 is 2.46 bits per heavy atom. The number of rotatable bonds is 2. The van der Waals surface area contributed by atoms with Gasteiger partial charge in [-0.05, 0) is 30.3 Å². The van der Waals surface area contributed by atoms with E-state index in [1.807, 2.05) is 30.3 Å². The third-order valence-electron chi connectivity index (χ3n) is 3.62. The summed E-state index contributed by atoms with van der Waals surface area (Å²) in [6.45, 7) is 0.138. The zero-order valence-corrected chi connectivity index (χ0v) is 12.6. The van der Waals surface area contributed by atoms with Gasteiger partial charge in [0.2, 0.25) is 12.6 Å². The quantitative estimate of drug-likeness (QED) is 0.535. The Balaban J connectivity index is 1.80. The molecule has 0 aliphatic carbocycles. The van der Waals surface area contributed by atoms with Crippen molar-refractivity contribution in [1.82, 2.24) is 0 Å². The summed E-state index contributed by atoms with van der Waals surface area (Å²) in [4.78, 5) is 12.7. The molecule has 0 fully saturated rings. The summed E-state index contributed by atoms with van der Waals surface area (Å²) in [6, 6.07) is 16.3. The monoisotopic (exact) mass is 316 g/mol. The van der Waals surface area contributed by atoms with E-state index in [2.05, 4.69) is 11.8 Å². The van der Waals surface area contributed by atoms with E-state index in [4.69, 9.17) is 13.9 Å². The van der Waals surface area contributed by atoms with Crippen LogP contribution in [0.1, 0.15) is 27.2 Å². The van der Waals surface area contributed by atoms with Gasteiger partial charge in [-0.15, -0.1) is 0 Å². The summed E-state index contributed by atoms with van der Waals surface area (Å²) in [7, 11) is 0. The molecule has 1 aliphatic heterocycles. The first kappa shape index (κ1) is 14.2. The van der Waals surface area contributed by atoms with Crippen molar-refractivity contribution < 1.29 is 18.7 Å². The fourth-order valence-electron chi connectivity index (χ4n) is 2.43. The van der Waals surface area contributed by atoms with Crippen LogP contribution in [0.15, 0.2) is 65.3 Å². The first-order valence-electron chi connectivity index (χ1n) is 7.40. The van der Waals surface area contributed by atoms with Crippen molar-refractivity contribution in [3.8, 4) is 23.3 Å². The lowest BCUT2D eigenvalue weighted by Crippen LogP contribution is -2.03. The minimum absolute atomic E-state index is 0.138. The number of carbonyl (C=O) groups is 1. The normalized spacial score (nSPS) is 11.7. The van der Waals surface area contributed by atoms with Gasteiger partial charge in [0.15, 0.2) is 17.3 Å². The Morgan fingerprint density at radius 2 is 1.71 bits per heavy atom. The minimum Gasteiger partial charge on any atom is -0.461 e. The molecule has 0 spiro atoms. The second-order valence-electron chi connectivity index (χ2n) is 5.17. The first-order valence-corrected chi connectivity index (χ1v) is 7.40. The Hall–Kier alpha value is -3.45. The number of benzene rings is 2. The topological polar surface area (TPSA) is 48.7 Å². The highest BCUT2D eigenvalue weighted by atomic mass is 16.7. The molecule has 0 saturated carbocycles. The molecule has 2 heterocycles. The molecule has 24 heavy (non-hydrogen) atoms. The molecule has 0 bridgehead atoms. The maximum absolute atomic E-state index is 12.7. The van der Waals surface area contributed by atoms with Crippen molar-refractivity contribution in [2.75, 3.05) is 6.79 Å². The van der Waals surface area contributed by atoms with Gasteiger partial charge in [0.05, 0.1) is 6.26 Å². The lowest BCUT2D eigenvalue weighted by Gasteiger charge is -2.04. The van der Waals surface area contributed by atoms with Gasteiger partial charge >= 0.3 is 0 Å². The van der Waals surface area contributed by atoms with Crippen LogP contribution >= 0.6 is 0 Å². The zero-order chi connectivity index (χ0) is 16.4. The minimum atomic E-state index is -0.240. The van der Waals surface area contributed by atoms with Crippen molar-refractivity contribution in [2.24, 2.45) is 0 Å². The summed E-state index contributed by atoms with van der Waals surface area (Å²) < 4.78 is 16.0. The average Bonchev–Trinajstić information content (AvgIpc) is 3.30. The highest BCUT2D eigenvalue weighted by Crippen LogP contribution is 2.35. The Kier molecular flexibility index (Phi) is 3.53. The molecule has 4 nitrogen and oxygen atoms in total. The molecule has 0 unspecified atom stereocenters. The largest absolute Gasteiger partial charge is 0.461 e. The van der Waals surface area contributed by atoms with E-state index in [1.54, 1.807) is 24.3 Å². The van der Waals surface area contributed by atoms with E-state index in [0.717, 1.165) is 5.56 Å². The predicted octanol–water partition coefficient (Wildman–Crippen LogP) is 3.64. The van der Waals surface area contributed by atoms with Gasteiger partial charge in [-0.3, -0.25) is 4.79 Å². The van der Waals surface area contributed by atoms with E-state index in [9.17, 15) is 4.79 Å². The molecule has 3 aromatic rings. The smallest absolute Gasteiger partial charge is 0.231 e. The van der Waals surface area contributed by atoms with Crippen molar-refractivity contribution in [1.29, 1.82) is 0 Å². The summed E-state index contributed by atoms with van der Waals surface area (Å²) in [5, 5.41) is 0. The van der Waals surface area contributed by atoms with Crippen LogP contribution in [0.5, 0.6) is 11.5 Å². The molecular formula is C20H12O4. The molecule has 0 radical (unpaired) electrons. The van der Waals surface area contributed by atoms with Gasteiger partial charge in [0, 0.05) is 22.8 Å². The van der Waals surface area contributed by atoms with Crippen LogP contribution in [-0.2, 0) is 0 Å². The molecule has 0 N–H and O–H groups in total. The van der Waals surface area contributed by atoms with E-state index < -0.39 is 0 Å². The maximum Gasteiger partial charge on any atom is 0.231 e. The Bertz CT molecular complexity index is 945. The third kappa shape index (κ3) is 2.64. The molecule has 0 amide bonds. The number of hydrogen-bond donors (Lipinski definition) is 0. The van der Waals surface area contributed by atoms with Crippen LogP contribution in [-0.4, -0.2) is 12.6 Å². The number of furan rings is 1. The van der Waals surface area contributed by atoms with Crippen LogP contribution in [0.3, 0.4) is 0 Å². The van der Waals surface area contributed by atoms with E-state index in [0.29, 0.717) is 22.6 Å². The molecule has 4 heteroatoms. The summed E-state index contributed by atoms with van der Waals surface area (Å²) in [5.41, 5.74) is 1.87. The molecule has 116 valence electrons. The summed E-state index contributed by atoms with van der Waals surface area (Å²) >= 11 is 0. The second-order valence-corrected chi connectivity index (χ2v) is 5.17. The van der Waals surface area contributed by atoms with Crippen molar-refractivity contribution >= 4 is 5.78 Å². The molecule has 2 aromatic carbocycles. The Morgan fingerprint density at radius 1 is 0.917 bits per heavy atom. The SMILES string of the molecule is O=C(c1ccco1)c1cc2c(cc1C#Cc1ccccc1)OCO2. The van der Waals surface area contributed by atoms with Gasteiger partial charge in [0.1, 0.15) is 0 Å². The average molecular weight is 316 g/mol. The van der Waals surface area contributed by atoms with Gasteiger partial charge in [-0.2, -0.15) is 0 Å². The predicted molar refractivity (Wildman–Crippen MR) is 87.1 cm³/mol. The second kappa shape index (κ2) is 5.98. The van der Waals surface area contributed by atoms with E-state index in [-0.39, 0.29) is 18.3 Å². The maximum atomic E-state index is 12.7. The van der Waals surface area contributed by atoms with Gasteiger partial charge < -0.3 is 13.9 Å². The lowest BCUT2D eigenvalue weighted by atomic mass is 10.0. The van der Waals surface area contributed by atoms with Gasteiger partial charge in [-0.1, -0.05) is 30.0 Å². The van der Waals surface area contributed by atoms with Crippen molar-refractivity contribution in [2.45, 2.75) is 0 Å². The van der Waals surface area contributed by atoms with Crippen LogP contribution in [0.25, 0.3) is 0 Å². The van der Waals surface area contributed by atoms with Crippen molar-refractivity contribution in [3.05, 3.63) is 83.3 Å². The first-order chi connectivity index (χ1) is 11.8. The third-order valence-corrected chi connectivity index (χ3v) is 3.62. The summed E-state index contributed by atoms with van der Waals surface area (Å²) in [6.07, 6.45) is 1.47. The molecule has 4 rings (SSSR count). The zero-order valence-electron chi connectivity index (χ0n) is 12.6. The number of ether oxygens (including phenoxy) is 2. The number of carbonyl (C=O) groups excluding carboxylic acids is 1. The number of hydrogen-bond acceptors (Lipinski definition) is 4. The van der Waals surface area contributed by atoms with E-state index >= 15 is 0 Å². The van der Waals surface area contributed by atoms with Crippen LogP contribution < -0.4 is 9.47 Å². The van der Waals surface area contributed by atoms with Gasteiger partial charge in [-0.25, -0.2) is 0 Å². The standard InChI is InChI=1S/C20H12O4/c21-20(17-7-4-10-22-17)16-12-19-18(23-13-24-19)11-15(16)9-8-14-5-2-1-3-6-14/h1-7,10-12H,13H2. The van der Waals surface area contributed by atoms with Crippen LogP contribution in [0.2, 0.25) is 0 Å². The Labute approximate surface area is 138 Å². The fraction of sp³-hybridized carbons (Fsp3) is 0.0500. The highest BCUT2D eigenvalue weighted by molar-refractivity contribution is 6.09. The van der Waals surface area contributed by atoms with E-state index in [1.165, 1.54) is 6.26 Å². The molecule has 1 aromatic heterocycles. The molecule has 1 aliphatic rings. The highest BCUT2D eigenvalue weighted by Gasteiger charge is 2.22. The lowest BCUT2D eigenvalue weighted by molar-refractivity contribution is 0.101. The van der Waals surface area contributed by atoms with Crippen LogP contribution in [0, 0.1) is 11.8 Å². The van der Waals surface area contributed by atoms with Crippen molar-refractivity contribution in [3.63, 3.8) is 0 Å². The number of fused-ring (bicyclic) bond motifs is 1. The number of ketones is 1.